The van der Waals surface area contributed by atoms with Crippen molar-refractivity contribution in [2.45, 2.75) is 38.4 Å². The Morgan fingerprint density at radius 3 is 2.67 bits per heavy atom. The molecule has 2 rings (SSSR count). The van der Waals surface area contributed by atoms with Crippen LogP contribution in [0.4, 0.5) is 0 Å². The van der Waals surface area contributed by atoms with Crippen LogP contribution in [0.15, 0.2) is 29.3 Å². The van der Waals surface area contributed by atoms with E-state index in [-0.39, 0.29) is 48.5 Å². The lowest BCUT2D eigenvalue weighted by molar-refractivity contribution is 0.0200. The van der Waals surface area contributed by atoms with Gasteiger partial charge in [-0.05, 0) is 50.5 Å². The van der Waals surface area contributed by atoms with Crippen LogP contribution in [0, 0.1) is 0 Å². The van der Waals surface area contributed by atoms with E-state index in [4.69, 9.17) is 21.1 Å². The van der Waals surface area contributed by atoms with Crippen molar-refractivity contribution in [2.75, 3.05) is 39.0 Å². The SMILES string of the molecule is CN=C(NCCS(=O)(=O)NCC1CCCCO1)NCC(C)Oc1ccc(Cl)cc1.I. The molecule has 8 nitrogen and oxygen atoms in total. The molecular weight excluding hydrogens is 543 g/mol. The second-order valence-corrected chi connectivity index (χ2v) is 9.28. The first kappa shape index (κ1) is 27.2. The van der Waals surface area contributed by atoms with Crippen molar-refractivity contribution in [3.05, 3.63) is 29.3 Å². The lowest BCUT2D eigenvalue weighted by atomic mass is 10.1. The van der Waals surface area contributed by atoms with E-state index < -0.39 is 10.0 Å². The van der Waals surface area contributed by atoms with Crippen LogP contribution in [-0.4, -0.2) is 65.6 Å². The van der Waals surface area contributed by atoms with Gasteiger partial charge >= 0.3 is 0 Å². The molecule has 1 aliphatic heterocycles. The van der Waals surface area contributed by atoms with E-state index in [9.17, 15) is 8.42 Å². The Morgan fingerprint density at radius 1 is 1.30 bits per heavy atom. The number of aliphatic imine (C=N–C) groups is 1. The molecule has 0 radical (unpaired) electrons. The summed E-state index contributed by atoms with van der Waals surface area (Å²) in [6.07, 6.45) is 2.88. The minimum atomic E-state index is -3.37. The van der Waals surface area contributed by atoms with Gasteiger partial charge in [-0.15, -0.1) is 24.0 Å². The van der Waals surface area contributed by atoms with Gasteiger partial charge in [-0.2, -0.15) is 0 Å². The summed E-state index contributed by atoms with van der Waals surface area (Å²) in [4.78, 5) is 4.10. The van der Waals surface area contributed by atoms with E-state index in [1.54, 1.807) is 19.2 Å². The van der Waals surface area contributed by atoms with Gasteiger partial charge in [0.25, 0.3) is 0 Å². The number of sulfonamides is 1. The van der Waals surface area contributed by atoms with Crippen LogP contribution in [0.5, 0.6) is 5.75 Å². The summed E-state index contributed by atoms with van der Waals surface area (Å²) in [5.41, 5.74) is 0. The molecular formula is C19H32ClIN4O4S. The minimum absolute atomic E-state index is 0. The second-order valence-electron chi connectivity index (χ2n) is 6.92. The van der Waals surface area contributed by atoms with Crippen LogP contribution in [-0.2, 0) is 14.8 Å². The molecule has 0 saturated carbocycles. The fraction of sp³-hybridized carbons (Fsp3) is 0.632. The predicted octanol–water partition coefficient (Wildman–Crippen LogP) is 2.38. The molecule has 2 atom stereocenters. The van der Waals surface area contributed by atoms with Crippen LogP contribution in [0.25, 0.3) is 0 Å². The number of nitrogens with one attached hydrogen (secondary N) is 3. The van der Waals surface area contributed by atoms with Crippen molar-refractivity contribution in [1.29, 1.82) is 0 Å². The maximum atomic E-state index is 12.1. The monoisotopic (exact) mass is 574 g/mol. The first-order valence-corrected chi connectivity index (χ1v) is 11.9. The van der Waals surface area contributed by atoms with Crippen LogP contribution < -0.4 is 20.1 Å². The van der Waals surface area contributed by atoms with Gasteiger partial charge < -0.3 is 20.1 Å². The number of nitrogens with zero attached hydrogens (tertiary/aromatic N) is 1. The quantitative estimate of drug-likeness (QED) is 0.225. The zero-order valence-electron chi connectivity index (χ0n) is 17.4. The molecule has 1 fully saturated rings. The Hall–Kier alpha value is -0.820. The van der Waals surface area contributed by atoms with E-state index in [2.05, 4.69) is 20.3 Å². The third kappa shape index (κ3) is 11.0. The van der Waals surface area contributed by atoms with Crippen molar-refractivity contribution in [2.24, 2.45) is 4.99 Å². The molecule has 0 aromatic heterocycles. The molecule has 172 valence electrons. The number of rotatable bonds is 10. The summed E-state index contributed by atoms with van der Waals surface area (Å²) < 4.78 is 38.2. The fourth-order valence-corrected chi connectivity index (χ4v) is 3.89. The lowest BCUT2D eigenvalue weighted by Crippen LogP contribution is -2.44. The molecule has 1 saturated heterocycles. The Morgan fingerprint density at radius 2 is 2.03 bits per heavy atom. The lowest BCUT2D eigenvalue weighted by Gasteiger charge is -2.22. The molecule has 2 unspecified atom stereocenters. The summed E-state index contributed by atoms with van der Waals surface area (Å²) in [7, 11) is -1.74. The molecule has 1 aromatic rings. The molecule has 1 aliphatic rings. The van der Waals surface area contributed by atoms with Crippen molar-refractivity contribution in [3.8, 4) is 5.75 Å². The zero-order valence-corrected chi connectivity index (χ0v) is 21.3. The van der Waals surface area contributed by atoms with Gasteiger partial charge in [-0.3, -0.25) is 4.99 Å². The van der Waals surface area contributed by atoms with Gasteiger partial charge in [0.05, 0.1) is 18.4 Å². The molecule has 11 heteroatoms. The molecule has 3 N–H and O–H groups in total. The first-order chi connectivity index (χ1) is 13.9. The van der Waals surface area contributed by atoms with E-state index in [1.807, 2.05) is 19.1 Å². The Kier molecular flexibility index (Phi) is 13.0. The van der Waals surface area contributed by atoms with Crippen molar-refractivity contribution in [1.82, 2.24) is 15.4 Å². The number of ether oxygens (including phenoxy) is 2. The zero-order chi connectivity index (χ0) is 21.1. The van der Waals surface area contributed by atoms with Crippen molar-refractivity contribution >= 4 is 51.6 Å². The number of hydrogen-bond donors (Lipinski definition) is 3. The van der Waals surface area contributed by atoms with Gasteiger partial charge in [0.1, 0.15) is 11.9 Å². The van der Waals surface area contributed by atoms with Gasteiger partial charge in [0, 0.05) is 31.8 Å². The maximum Gasteiger partial charge on any atom is 0.213 e. The highest BCUT2D eigenvalue weighted by molar-refractivity contribution is 14.0. The molecule has 0 amide bonds. The molecule has 0 bridgehead atoms. The van der Waals surface area contributed by atoms with Gasteiger partial charge in [-0.25, -0.2) is 13.1 Å². The third-order valence-corrected chi connectivity index (χ3v) is 6.00. The highest BCUT2D eigenvalue weighted by Gasteiger charge is 2.17. The van der Waals surface area contributed by atoms with Crippen LogP contribution >= 0.6 is 35.6 Å². The number of benzene rings is 1. The van der Waals surface area contributed by atoms with Crippen molar-refractivity contribution < 1.29 is 17.9 Å². The highest BCUT2D eigenvalue weighted by atomic mass is 127. The maximum absolute atomic E-state index is 12.1. The minimum Gasteiger partial charge on any atom is -0.489 e. The standard InChI is InChI=1S/C19H31ClN4O4S.HI/c1-15(28-17-8-6-16(20)7-9-17)13-23-19(21-2)22-10-12-29(25,26)24-14-18-5-3-4-11-27-18;/h6-9,15,18,24H,3-5,10-14H2,1-2H3,(H2,21,22,23);1H. The summed E-state index contributed by atoms with van der Waals surface area (Å²) in [5, 5.41) is 6.78. The van der Waals surface area contributed by atoms with Gasteiger partial charge in [-0.1, -0.05) is 11.6 Å². The van der Waals surface area contributed by atoms with Gasteiger partial charge in [0.2, 0.25) is 10.0 Å². The van der Waals surface area contributed by atoms with Gasteiger partial charge in [0.15, 0.2) is 5.96 Å². The van der Waals surface area contributed by atoms with E-state index in [1.165, 1.54) is 0 Å². The first-order valence-electron chi connectivity index (χ1n) is 9.83. The number of halogens is 2. The molecule has 1 aromatic carbocycles. The summed E-state index contributed by atoms with van der Waals surface area (Å²) in [6, 6.07) is 7.16. The number of guanidine groups is 1. The largest absolute Gasteiger partial charge is 0.489 e. The summed E-state index contributed by atoms with van der Waals surface area (Å²) in [6.45, 7) is 3.71. The third-order valence-electron chi connectivity index (χ3n) is 4.40. The average molecular weight is 575 g/mol. The van der Waals surface area contributed by atoms with Crippen LogP contribution in [0.2, 0.25) is 5.02 Å². The van der Waals surface area contributed by atoms with Crippen molar-refractivity contribution in [3.63, 3.8) is 0 Å². The van der Waals surface area contributed by atoms with E-state index in [0.717, 1.165) is 25.0 Å². The fourth-order valence-electron chi connectivity index (χ4n) is 2.81. The summed E-state index contributed by atoms with van der Waals surface area (Å²) >= 11 is 5.86. The molecule has 1 heterocycles. The molecule has 30 heavy (non-hydrogen) atoms. The average Bonchev–Trinajstić information content (AvgIpc) is 2.71. The molecule has 0 aliphatic carbocycles. The summed E-state index contributed by atoms with van der Waals surface area (Å²) in [5.74, 6) is 1.20. The Bertz CT molecular complexity index is 743. The normalized spacial score (nSPS) is 18.2. The smallest absolute Gasteiger partial charge is 0.213 e. The Balaban J connectivity index is 0.00000450. The van der Waals surface area contributed by atoms with E-state index >= 15 is 0 Å². The number of hydrogen-bond acceptors (Lipinski definition) is 5. The Labute approximate surface area is 201 Å². The second kappa shape index (κ2) is 14.3. The molecule has 0 spiro atoms. The van der Waals surface area contributed by atoms with Crippen LogP contribution in [0.3, 0.4) is 0 Å². The topological polar surface area (TPSA) is 101 Å². The van der Waals surface area contributed by atoms with E-state index in [0.29, 0.717) is 30.7 Å². The predicted molar refractivity (Wildman–Crippen MR) is 132 cm³/mol. The highest BCUT2D eigenvalue weighted by Crippen LogP contribution is 2.16. The van der Waals surface area contributed by atoms with Crippen LogP contribution in [0.1, 0.15) is 26.2 Å².